The average Bonchev–Trinajstić information content (AvgIpc) is 3.20. The van der Waals surface area contributed by atoms with Gasteiger partial charge in [-0.15, -0.1) is 0 Å². The number of nitrogens with zero attached hydrogens (tertiary/aromatic N) is 4. The molecule has 0 atom stereocenters. The Morgan fingerprint density at radius 1 is 0.727 bits per heavy atom. The SMILES string of the molecule is CC(C)(c1cccc(C(C)(C)n2cccn2)c1)n1cccn1. The van der Waals surface area contributed by atoms with E-state index in [1.54, 1.807) is 0 Å². The maximum Gasteiger partial charge on any atom is 0.0819 e. The van der Waals surface area contributed by atoms with Crippen LogP contribution in [0.5, 0.6) is 0 Å². The summed E-state index contributed by atoms with van der Waals surface area (Å²) in [5.74, 6) is 0. The van der Waals surface area contributed by atoms with Crippen molar-refractivity contribution in [2.45, 2.75) is 38.8 Å². The summed E-state index contributed by atoms with van der Waals surface area (Å²) in [5, 5.41) is 8.81. The van der Waals surface area contributed by atoms with Crippen molar-refractivity contribution >= 4 is 0 Å². The Hall–Kier alpha value is -2.36. The van der Waals surface area contributed by atoms with Crippen molar-refractivity contribution in [3.05, 3.63) is 72.3 Å². The number of hydrogen-bond donors (Lipinski definition) is 0. The van der Waals surface area contributed by atoms with Gasteiger partial charge in [0.2, 0.25) is 0 Å². The van der Waals surface area contributed by atoms with Gasteiger partial charge in [-0.2, -0.15) is 10.2 Å². The molecule has 0 bridgehead atoms. The fourth-order valence-corrected chi connectivity index (χ4v) is 2.74. The second-order valence-electron chi connectivity index (χ2n) is 6.60. The van der Waals surface area contributed by atoms with Crippen LogP contribution in [0, 0.1) is 0 Å². The first kappa shape index (κ1) is 14.6. The number of hydrogen-bond acceptors (Lipinski definition) is 2. The van der Waals surface area contributed by atoms with E-state index in [1.807, 2.05) is 46.3 Å². The second kappa shape index (κ2) is 5.13. The zero-order chi connectivity index (χ0) is 15.8. The van der Waals surface area contributed by atoms with E-state index in [9.17, 15) is 0 Å². The molecular weight excluding hydrogens is 272 g/mol. The van der Waals surface area contributed by atoms with Gasteiger partial charge in [-0.1, -0.05) is 24.3 Å². The van der Waals surface area contributed by atoms with Crippen LogP contribution < -0.4 is 0 Å². The summed E-state index contributed by atoms with van der Waals surface area (Å²) >= 11 is 0. The smallest absolute Gasteiger partial charge is 0.0819 e. The zero-order valence-electron chi connectivity index (χ0n) is 13.6. The second-order valence-corrected chi connectivity index (χ2v) is 6.60. The molecule has 22 heavy (non-hydrogen) atoms. The van der Waals surface area contributed by atoms with E-state index >= 15 is 0 Å². The Morgan fingerprint density at radius 3 is 1.55 bits per heavy atom. The summed E-state index contributed by atoms with van der Waals surface area (Å²) in [4.78, 5) is 0. The summed E-state index contributed by atoms with van der Waals surface area (Å²) in [5.41, 5.74) is 2.07. The minimum Gasteiger partial charge on any atom is -0.263 e. The first-order chi connectivity index (χ1) is 10.4. The molecule has 2 aromatic heterocycles. The summed E-state index contributed by atoms with van der Waals surface area (Å²) < 4.78 is 3.99. The molecule has 4 heteroatoms. The van der Waals surface area contributed by atoms with Gasteiger partial charge in [-0.05, 0) is 51.0 Å². The maximum atomic E-state index is 4.41. The zero-order valence-corrected chi connectivity index (χ0v) is 13.6. The molecular formula is C18H22N4. The highest BCUT2D eigenvalue weighted by Gasteiger charge is 2.27. The van der Waals surface area contributed by atoms with Crippen molar-refractivity contribution in [3.8, 4) is 0 Å². The lowest BCUT2D eigenvalue weighted by atomic mass is 9.87. The molecule has 0 radical (unpaired) electrons. The number of aromatic nitrogens is 4. The molecule has 4 nitrogen and oxygen atoms in total. The topological polar surface area (TPSA) is 35.6 Å². The molecule has 3 rings (SSSR count). The Morgan fingerprint density at radius 2 is 1.18 bits per heavy atom. The van der Waals surface area contributed by atoms with Gasteiger partial charge in [0.15, 0.2) is 0 Å². The Balaban J connectivity index is 2.04. The van der Waals surface area contributed by atoms with Gasteiger partial charge in [-0.25, -0.2) is 0 Å². The lowest BCUT2D eigenvalue weighted by molar-refractivity contribution is 0.377. The van der Waals surface area contributed by atoms with Crippen LogP contribution in [0.3, 0.4) is 0 Å². The van der Waals surface area contributed by atoms with Crippen LogP contribution >= 0.6 is 0 Å². The highest BCUT2D eigenvalue weighted by Crippen LogP contribution is 2.30. The van der Waals surface area contributed by atoms with Crippen LogP contribution in [0.25, 0.3) is 0 Å². The normalized spacial score (nSPS) is 12.5. The molecule has 0 unspecified atom stereocenters. The third kappa shape index (κ3) is 2.34. The van der Waals surface area contributed by atoms with Gasteiger partial charge in [0.1, 0.15) is 0 Å². The summed E-state index contributed by atoms with van der Waals surface area (Å²) in [6.07, 6.45) is 7.65. The first-order valence-electron chi connectivity index (χ1n) is 7.53. The monoisotopic (exact) mass is 294 g/mol. The third-order valence-corrected chi connectivity index (χ3v) is 4.43. The van der Waals surface area contributed by atoms with Gasteiger partial charge < -0.3 is 0 Å². The molecule has 0 saturated carbocycles. The minimum atomic E-state index is -0.195. The molecule has 0 spiro atoms. The Kier molecular flexibility index (Phi) is 3.39. The summed E-state index contributed by atoms with van der Waals surface area (Å²) in [6, 6.07) is 12.6. The van der Waals surface area contributed by atoms with Gasteiger partial charge >= 0.3 is 0 Å². The predicted octanol–water partition coefficient (Wildman–Crippen LogP) is 3.65. The highest BCUT2D eigenvalue weighted by molar-refractivity contribution is 5.33. The van der Waals surface area contributed by atoms with E-state index in [-0.39, 0.29) is 11.1 Å². The van der Waals surface area contributed by atoms with E-state index in [0.717, 1.165) is 0 Å². The van der Waals surface area contributed by atoms with Gasteiger partial charge in [0.25, 0.3) is 0 Å². The maximum absolute atomic E-state index is 4.41. The molecule has 2 heterocycles. The molecule has 0 aliphatic rings. The molecule has 0 aliphatic carbocycles. The minimum absolute atomic E-state index is 0.195. The summed E-state index contributed by atoms with van der Waals surface area (Å²) in [6.45, 7) is 8.72. The van der Waals surface area contributed by atoms with Crippen molar-refractivity contribution < 1.29 is 0 Å². The lowest BCUT2D eigenvalue weighted by Crippen LogP contribution is -2.31. The van der Waals surface area contributed by atoms with Crippen molar-refractivity contribution in [3.63, 3.8) is 0 Å². The molecule has 0 fully saturated rings. The molecule has 0 saturated heterocycles. The van der Waals surface area contributed by atoms with Gasteiger partial charge in [-0.3, -0.25) is 9.36 Å². The molecule has 0 N–H and O–H groups in total. The van der Waals surface area contributed by atoms with Gasteiger partial charge in [0.05, 0.1) is 11.1 Å². The predicted molar refractivity (Wildman–Crippen MR) is 87.7 cm³/mol. The Bertz CT molecular complexity index is 676. The fraction of sp³-hybridized carbons (Fsp3) is 0.333. The standard InChI is InChI=1S/C18H22N4/c1-17(2,21-12-6-10-19-21)15-8-5-9-16(14-15)18(3,4)22-13-7-11-20-22/h5-14H,1-4H3. The summed E-state index contributed by atoms with van der Waals surface area (Å²) in [7, 11) is 0. The number of benzene rings is 1. The molecule has 0 aliphatic heterocycles. The van der Waals surface area contributed by atoms with E-state index < -0.39 is 0 Å². The number of rotatable bonds is 4. The molecule has 114 valence electrons. The van der Waals surface area contributed by atoms with Crippen LogP contribution in [-0.4, -0.2) is 19.6 Å². The fourth-order valence-electron chi connectivity index (χ4n) is 2.74. The Labute approximate surface area is 131 Å². The van der Waals surface area contributed by atoms with E-state index in [2.05, 4.69) is 62.2 Å². The van der Waals surface area contributed by atoms with E-state index in [1.165, 1.54) is 11.1 Å². The molecule has 3 aromatic rings. The average molecular weight is 294 g/mol. The van der Waals surface area contributed by atoms with Gasteiger partial charge in [0, 0.05) is 24.8 Å². The highest BCUT2D eigenvalue weighted by atomic mass is 15.3. The van der Waals surface area contributed by atoms with Crippen LogP contribution in [0.2, 0.25) is 0 Å². The van der Waals surface area contributed by atoms with E-state index in [4.69, 9.17) is 0 Å². The largest absolute Gasteiger partial charge is 0.263 e. The third-order valence-electron chi connectivity index (χ3n) is 4.43. The first-order valence-corrected chi connectivity index (χ1v) is 7.53. The van der Waals surface area contributed by atoms with Crippen molar-refractivity contribution in [1.29, 1.82) is 0 Å². The molecule has 0 amide bonds. The van der Waals surface area contributed by atoms with Crippen molar-refractivity contribution in [2.24, 2.45) is 0 Å². The van der Waals surface area contributed by atoms with E-state index in [0.29, 0.717) is 0 Å². The van der Waals surface area contributed by atoms with Crippen molar-refractivity contribution in [2.75, 3.05) is 0 Å². The quantitative estimate of drug-likeness (QED) is 0.736. The van der Waals surface area contributed by atoms with Crippen LogP contribution in [0.15, 0.2) is 61.2 Å². The van der Waals surface area contributed by atoms with Crippen LogP contribution in [-0.2, 0) is 11.1 Å². The van der Waals surface area contributed by atoms with Crippen LogP contribution in [0.1, 0.15) is 38.8 Å². The van der Waals surface area contributed by atoms with Crippen LogP contribution in [0.4, 0.5) is 0 Å². The molecule has 1 aromatic carbocycles. The lowest BCUT2D eigenvalue weighted by Gasteiger charge is -2.30. The van der Waals surface area contributed by atoms with Crippen molar-refractivity contribution in [1.82, 2.24) is 19.6 Å².